The van der Waals surface area contributed by atoms with E-state index in [1.807, 2.05) is 0 Å². The van der Waals surface area contributed by atoms with Crippen LogP contribution in [0.25, 0.3) is 0 Å². The molecule has 2 aliphatic rings. The van der Waals surface area contributed by atoms with Crippen LogP contribution in [-0.2, 0) is 4.79 Å². The van der Waals surface area contributed by atoms with E-state index in [1.165, 1.54) is 24.9 Å². The minimum atomic E-state index is 0.0979. The van der Waals surface area contributed by atoms with Crippen molar-refractivity contribution >= 4 is 11.6 Å². The Kier molecular flexibility index (Phi) is 5.55. The predicted molar refractivity (Wildman–Crippen MR) is 94.7 cm³/mol. The fraction of sp³-hybridized carbons (Fsp3) is 0.632. The molecule has 126 valence electrons. The van der Waals surface area contributed by atoms with E-state index in [4.69, 9.17) is 0 Å². The molecule has 0 aromatic heterocycles. The summed E-state index contributed by atoms with van der Waals surface area (Å²) in [5.41, 5.74) is 1.27. The van der Waals surface area contributed by atoms with Crippen LogP contribution in [0, 0.1) is 0 Å². The lowest BCUT2D eigenvalue weighted by atomic mass is 10.1. The Morgan fingerprint density at radius 2 is 1.74 bits per heavy atom. The first-order chi connectivity index (χ1) is 11.3. The van der Waals surface area contributed by atoms with E-state index in [0.29, 0.717) is 5.91 Å². The average molecular weight is 315 g/mol. The molecule has 0 bridgehead atoms. The molecular weight excluding hydrogens is 286 g/mol. The number of likely N-dealkylation sites (N-methyl/N-ethyl adjacent to an activating group) is 1. The average Bonchev–Trinajstić information content (AvgIpc) is 2.95. The van der Waals surface area contributed by atoms with E-state index >= 15 is 0 Å². The third-order valence-electron chi connectivity index (χ3n) is 5.23. The second-order valence-electron chi connectivity index (χ2n) is 6.85. The topological polar surface area (TPSA) is 26.8 Å². The number of nitrogens with zero attached hydrogens (tertiary/aromatic N) is 3. The van der Waals surface area contributed by atoms with Gasteiger partial charge in [0.2, 0.25) is 5.91 Å². The lowest BCUT2D eigenvalue weighted by Gasteiger charge is -2.31. The Hall–Kier alpha value is -1.55. The molecule has 1 atom stereocenters. The number of hydrogen-bond acceptors (Lipinski definition) is 3. The molecule has 2 saturated heterocycles. The van der Waals surface area contributed by atoms with Crippen molar-refractivity contribution in [1.29, 1.82) is 0 Å². The van der Waals surface area contributed by atoms with Gasteiger partial charge in [0.05, 0.1) is 6.04 Å². The summed E-state index contributed by atoms with van der Waals surface area (Å²) in [5, 5.41) is 0. The number of likely N-dealkylation sites (tertiary alicyclic amines) is 1. The van der Waals surface area contributed by atoms with Gasteiger partial charge in [0.15, 0.2) is 0 Å². The van der Waals surface area contributed by atoms with Gasteiger partial charge in [-0.1, -0.05) is 31.0 Å². The molecule has 4 heteroatoms. The highest BCUT2D eigenvalue weighted by Crippen LogP contribution is 2.20. The highest BCUT2D eigenvalue weighted by molar-refractivity contribution is 5.82. The van der Waals surface area contributed by atoms with Crippen LogP contribution in [-0.4, -0.2) is 61.5 Å². The SMILES string of the molecule is CN1CCCCC[C@@H]1C(=O)N1CCCN(c2ccccc2)CC1. The van der Waals surface area contributed by atoms with E-state index in [0.717, 1.165) is 45.6 Å². The van der Waals surface area contributed by atoms with Gasteiger partial charge in [-0.3, -0.25) is 9.69 Å². The van der Waals surface area contributed by atoms with Crippen molar-refractivity contribution in [2.24, 2.45) is 0 Å². The molecule has 1 aromatic carbocycles. The van der Waals surface area contributed by atoms with E-state index in [9.17, 15) is 4.79 Å². The van der Waals surface area contributed by atoms with Crippen molar-refractivity contribution < 1.29 is 4.79 Å². The summed E-state index contributed by atoms with van der Waals surface area (Å²) < 4.78 is 0. The number of carbonyl (C=O) groups excluding carboxylic acids is 1. The van der Waals surface area contributed by atoms with Crippen LogP contribution in [0.15, 0.2) is 30.3 Å². The molecule has 1 amide bonds. The zero-order valence-corrected chi connectivity index (χ0v) is 14.3. The Labute approximate surface area is 140 Å². The fourth-order valence-electron chi connectivity index (χ4n) is 3.81. The summed E-state index contributed by atoms with van der Waals surface area (Å²) in [6.07, 6.45) is 5.74. The summed E-state index contributed by atoms with van der Waals surface area (Å²) in [6.45, 7) is 4.77. The van der Waals surface area contributed by atoms with Gasteiger partial charge >= 0.3 is 0 Å². The Morgan fingerprint density at radius 3 is 2.57 bits per heavy atom. The number of carbonyl (C=O) groups is 1. The Morgan fingerprint density at radius 1 is 0.913 bits per heavy atom. The van der Waals surface area contributed by atoms with E-state index in [-0.39, 0.29) is 6.04 Å². The van der Waals surface area contributed by atoms with Crippen molar-refractivity contribution in [2.75, 3.05) is 44.7 Å². The van der Waals surface area contributed by atoms with Crippen LogP contribution in [0.2, 0.25) is 0 Å². The number of anilines is 1. The maximum absolute atomic E-state index is 13.0. The molecule has 2 heterocycles. The first-order valence-electron chi connectivity index (χ1n) is 9.05. The van der Waals surface area contributed by atoms with Gasteiger partial charge < -0.3 is 9.80 Å². The van der Waals surface area contributed by atoms with Gasteiger partial charge in [-0.05, 0) is 45.0 Å². The highest BCUT2D eigenvalue weighted by atomic mass is 16.2. The minimum Gasteiger partial charge on any atom is -0.370 e. The van der Waals surface area contributed by atoms with Gasteiger partial charge in [-0.25, -0.2) is 0 Å². The van der Waals surface area contributed by atoms with Crippen molar-refractivity contribution in [3.8, 4) is 0 Å². The molecule has 3 rings (SSSR count). The molecule has 0 saturated carbocycles. The second kappa shape index (κ2) is 7.82. The van der Waals surface area contributed by atoms with Gasteiger partial charge in [0, 0.05) is 31.9 Å². The number of hydrogen-bond donors (Lipinski definition) is 0. The van der Waals surface area contributed by atoms with Crippen LogP contribution in [0.3, 0.4) is 0 Å². The summed E-state index contributed by atoms with van der Waals surface area (Å²) in [4.78, 5) is 19.8. The van der Waals surface area contributed by atoms with Crippen molar-refractivity contribution in [2.45, 2.75) is 38.1 Å². The summed E-state index contributed by atoms with van der Waals surface area (Å²) in [5.74, 6) is 0.351. The van der Waals surface area contributed by atoms with E-state index < -0.39 is 0 Å². The molecule has 0 unspecified atom stereocenters. The van der Waals surface area contributed by atoms with Gasteiger partial charge in [0.25, 0.3) is 0 Å². The van der Waals surface area contributed by atoms with Crippen LogP contribution in [0.4, 0.5) is 5.69 Å². The smallest absolute Gasteiger partial charge is 0.239 e. The first-order valence-corrected chi connectivity index (χ1v) is 9.05. The standard InChI is InChI=1S/C19H29N3O/c1-20-12-7-3-6-11-18(20)19(23)22-14-8-13-21(15-16-22)17-9-4-2-5-10-17/h2,4-5,9-10,18H,3,6-8,11-16H2,1H3/t18-/m1/s1. The molecule has 0 aliphatic carbocycles. The van der Waals surface area contributed by atoms with Crippen LogP contribution in [0.1, 0.15) is 32.1 Å². The zero-order chi connectivity index (χ0) is 16.1. The molecule has 2 aliphatic heterocycles. The molecular formula is C19H29N3O. The summed E-state index contributed by atoms with van der Waals surface area (Å²) >= 11 is 0. The van der Waals surface area contributed by atoms with Crippen LogP contribution in [0.5, 0.6) is 0 Å². The van der Waals surface area contributed by atoms with Crippen molar-refractivity contribution in [3.05, 3.63) is 30.3 Å². The highest BCUT2D eigenvalue weighted by Gasteiger charge is 2.29. The van der Waals surface area contributed by atoms with Crippen LogP contribution < -0.4 is 4.90 Å². The van der Waals surface area contributed by atoms with Crippen molar-refractivity contribution in [3.63, 3.8) is 0 Å². The number of rotatable bonds is 2. The first kappa shape index (κ1) is 16.3. The molecule has 0 N–H and O–H groups in total. The van der Waals surface area contributed by atoms with E-state index in [2.05, 4.69) is 52.1 Å². The third kappa shape index (κ3) is 4.05. The van der Waals surface area contributed by atoms with Crippen LogP contribution >= 0.6 is 0 Å². The monoisotopic (exact) mass is 315 g/mol. The largest absolute Gasteiger partial charge is 0.370 e. The third-order valence-corrected chi connectivity index (χ3v) is 5.23. The van der Waals surface area contributed by atoms with Gasteiger partial charge in [0.1, 0.15) is 0 Å². The fourth-order valence-corrected chi connectivity index (χ4v) is 3.81. The maximum Gasteiger partial charge on any atom is 0.239 e. The summed E-state index contributed by atoms with van der Waals surface area (Å²) in [7, 11) is 2.11. The maximum atomic E-state index is 13.0. The zero-order valence-electron chi connectivity index (χ0n) is 14.3. The number of para-hydroxylation sites is 1. The quantitative estimate of drug-likeness (QED) is 0.839. The van der Waals surface area contributed by atoms with Crippen molar-refractivity contribution in [1.82, 2.24) is 9.80 Å². The Bertz CT molecular complexity index is 505. The predicted octanol–water partition coefficient (Wildman–Crippen LogP) is 2.60. The molecule has 1 aromatic rings. The second-order valence-corrected chi connectivity index (χ2v) is 6.85. The summed E-state index contributed by atoms with van der Waals surface area (Å²) in [6, 6.07) is 10.7. The molecule has 0 radical (unpaired) electrons. The lowest BCUT2D eigenvalue weighted by Crippen LogP contribution is -2.48. The lowest BCUT2D eigenvalue weighted by molar-refractivity contribution is -0.136. The number of amides is 1. The molecule has 2 fully saturated rings. The molecule has 4 nitrogen and oxygen atoms in total. The molecule has 0 spiro atoms. The van der Waals surface area contributed by atoms with Gasteiger partial charge in [-0.2, -0.15) is 0 Å². The minimum absolute atomic E-state index is 0.0979. The van der Waals surface area contributed by atoms with Gasteiger partial charge in [-0.15, -0.1) is 0 Å². The van der Waals surface area contributed by atoms with E-state index in [1.54, 1.807) is 0 Å². The Balaban J connectivity index is 1.62. The normalized spacial score (nSPS) is 24.1. The number of benzene rings is 1. The molecule has 23 heavy (non-hydrogen) atoms.